The zero-order valence-electron chi connectivity index (χ0n) is 5.35. The lowest BCUT2D eigenvalue weighted by atomic mass is 10.7. The molecule has 0 saturated carbocycles. The summed E-state index contributed by atoms with van der Waals surface area (Å²) in [5.41, 5.74) is 4.26. The van der Waals surface area contributed by atoms with Gasteiger partial charge in [-0.1, -0.05) is 13.8 Å². The topological polar surface area (TPSA) is 55.1 Å². The minimum absolute atomic E-state index is 0.333. The lowest BCUT2D eigenvalue weighted by Gasteiger charge is -1.86. The first-order valence-electron chi connectivity index (χ1n) is 2.56. The Labute approximate surface area is 51.9 Å². The fourth-order valence-corrected chi connectivity index (χ4v) is 0.250. The van der Waals surface area contributed by atoms with Gasteiger partial charge in [-0.15, -0.1) is 0 Å². The van der Waals surface area contributed by atoms with Crippen LogP contribution in [0, 0.1) is 0 Å². The molecule has 0 aliphatic carbocycles. The third-order valence-corrected chi connectivity index (χ3v) is 0.500. The van der Waals surface area contributed by atoms with Gasteiger partial charge in [-0.05, 0) is 13.1 Å². The summed E-state index contributed by atoms with van der Waals surface area (Å²) in [5.74, 6) is 0. The minimum atomic E-state index is -0.333. The molecular formula is C4H13N2OP. The molecule has 3 N–H and O–H groups in total. The largest absolute Gasteiger partial charge is 0.317 e. The Morgan fingerprint density at radius 1 is 1.50 bits per heavy atom. The van der Waals surface area contributed by atoms with Crippen molar-refractivity contribution in [2.75, 3.05) is 13.1 Å². The third-order valence-electron chi connectivity index (χ3n) is 0.500. The molecule has 0 rings (SSSR count). The summed E-state index contributed by atoms with van der Waals surface area (Å²) in [7, 11) is -0.333. The fraction of sp³-hybridized carbons (Fsp3) is 1.00. The number of hydrogen-bond donors (Lipinski definition) is 2. The molecule has 8 heavy (non-hydrogen) atoms. The van der Waals surface area contributed by atoms with Crippen LogP contribution < -0.4 is 10.8 Å². The first-order valence-corrected chi connectivity index (χ1v) is 3.44. The van der Waals surface area contributed by atoms with Crippen LogP contribution in [0.4, 0.5) is 0 Å². The quantitative estimate of drug-likeness (QED) is 0.551. The predicted octanol–water partition coefficient (Wildman–Crippen LogP) is 0.768. The molecule has 0 aromatic carbocycles. The summed E-state index contributed by atoms with van der Waals surface area (Å²) >= 11 is 0. The Kier molecular flexibility index (Phi) is 21.5. The van der Waals surface area contributed by atoms with E-state index in [1.807, 2.05) is 0 Å². The van der Waals surface area contributed by atoms with Crippen LogP contribution in [0.5, 0.6) is 0 Å². The molecule has 50 valence electrons. The maximum atomic E-state index is 8.68. The minimum Gasteiger partial charge on any atom is -0.317 e. The van der Waals surface area contributed by atoms with Gasteiger partial charge >= 0.3 is 0 Å². The molecule has 0 heterocycles. The fourth-order valence-electron chi connectivity index (χ4n) is 0.250. The summed E-state index contributed by atoms with van der Waals surface area (Å²) in [5, 5.41) is 3.11. The highest BCUT2D eigenvalue weighted by Crippen LogP contribution is 1.55. The Morgan fingerprint density at radius 3 is 1.75 bits per heavy atom. The molecule has 0 radical (unpaired) electrons. The van der Waals surface area contributed by atoms with Crippen LogP contribution in [0.15, 0.2) is 0 Å². The number of rotatable bonds is 2. The highest BCUT2D eigenvalue weighted by atomic mass is 31.1. The first kappa shape index (κ1) is 10.9. The molecule has 0 amide bonds. The average Bonchev–Trinajstić information content (AvgIpc) is 1.71. The second-order valence-electron chi connectivity index (χ2n) is 1.06. The molecule has 3 nitrogen and oxygen atoms in total. The van der Waals surface area contributed by atoms with Gasteiger partial charge in [-0.3, -0.25) is 10.1 Å². The van der Waals surface area contributed by atoms with E-state index >= 15 is 0 Å². The van der Waals surface area contributed by atoms with Gasteiger partial charge in [-0.2, -0.15) is 0 Å². The summed E-state index contributed by atoms with van der Waals surface area (Å²) < 4.78 is 8.68. The van der Waals surface area contributed by atoms with Crippen molar-refractivity contribution in [1.29, 1.82) is 0 Å². The highest BCUT2D eigenvalue weighted by Gasteiger charge is 1.62. The van der Waals surface area contributed by atoms with Gasteiger partial charge in [0.1, 0.15) is 0 Å². The zero-order valence-corrected chi connectivity index (χ0v) is 6.24. The highest BCUT2D eigenvalue weighted by molar-refractivity contribution is 7.20. The average molecular weight is 136 g/mol. The Balaban J connectivity index is 0. The third kappa shape index (κ3) is 37.2. The summed E-state index contributed by atoms with van der Waals surface area (Å²) in [6, 6.07) is 0. The van der Waals surface area contributed by atoms with Crippen LogP contribution in [-0.4, -0.2) is 13.1 Å². The van der Waals surface area contributed by atoms with Crippen LogP contribution >= 0.6 is 8.61 Å². The number of hydrogen-bond acceptors (Lipinski definition) is 2. The first-order chi connectivity index (χ1) is 3.83. The van der Waals surface area contributed by atoms with E-state index in [0.29, 0.717) is 0 Å². The van der Waals surface area contributed by atoms with E-state index in [1.165, 1.54) is 0 Å². The Morgan fingerprint density at radius 2 is 1.75 bits per heavy atom. The SMILES string of the molecule is CCNCC.NP=O. The van der Waals surface area contributed by atoms with Crippen molar-refractivity contribution in [1.82, 2.24) is 5.32 Å². The lowest BCUT2D eigenvalue weighted by Crippen LogP contribution is -2.09. The molecule has 0 fully saturated rings. The molecule has 0 aromatic heterocycles. The predicted molar refractivity (Wildman–Crippen MR) is 36.0 cm³/mol. The van der Waals surface area contributed by atoms with E-state index in [9.17, 15) is 0 Å². The van der Waals surface area contributed by atoms with Crippen LogP contribution in [0.1, 0.15) is 13.8 Å². The monoisotopic (exact) mass is 136 g/mol. The zero-order chi connectivity index (χ0) is 6.83. The molecule has 0 unspecified atom stereocenters. The summed E-state index contributed by atoms with van der Waals surface area (Å²) in [6.45, 7) is 6.39. The number of nitrogens with two attached hydrogens (primary N) is 1. The molecule has 4 heteroatoms. The maximum absolute atomic E-state index is 8.68. The van der Waals surface area contributed by atoms with Crippen molar-refractivity contribution < 1.29 is 4.57 Å². The van der Waals surface area contributed by atoms with E-state index in [2.05, 4.69) is 24.7 Å². The van der Waals surface area contributed by atoms with Crippen LogP contribution in [-0.2, 0) is 4.57 Å². The van der Waals surface area contributed by atoms with Crippen molar-refractivity contribution in [3.63, 3.8) is 0 Å². The van der Waals surface area contributed by atoms with Crippen LogP contribution in [0.25, 0.3) is 0 Å². The van der Waals surface area contributed by atoms with Gasteiger partial charge in [0.15, 0.2) is 0 Å². The standard InChI is InChI=1S/C4H11N.H2NOP/c1-3-5-4-2;1-3-2/h5H,3-4H2,1-2H3;(H2,1,2). The van der Waals surface area contributed by atoms with E-state index in [4.69, 9.17) is 4.57 Å². The molecule has 0 bridgehead atoms. The molecule has 0 saturated heterocycles. The second kappa shape index (κ2) is 15.7. The van der Waals surface area contributed by atoms with Gasteiger partial charge in [0.25, 0.3) is 0 Å². The molecule has 0 spiro atoms. The normalized spacial score (nSPS) is 7.88. The Hall–Kier alpha value is 0.0200. The van der Waals surface area contributed by atoms with Gasteiger partial charge in [0, 0.05) is 0 Å². The molecule has 0 aliphatic rings. The van der Waals surface area contributed by atoms with Crippen LogP contribution in [0.2, 0.25) is 0 Å². The van der Waals surface area contributed by atoms with Gasteiger partial charge < -0.3 is 5.32 Å². The van der Waals surface area contributed by atoms with E-state index in [-0.39, 0.29) is 8.61 Å². The summed E-state index contributed by atoms with van der Waals surface area (Å²) in [6.07, 6.45) is 0. The van der Waals surface area contributed by atoms with Crippen molar-refractivity contribution in [3.8, 4) is 0 Å². The molecule has 0 atom stereocenters. The molecule has 0 aromatic rings. The smallest absolute Gasteiger partial charge is 0.242 e. The number of nitrogens with one attached hydrogen (secondary N) is 1. The Bertz CT molecular complexity index is 41.0. The maximum Gasteiger partial charge on any atom is 0.242 e. The summed E-state index contributed by atoms with van der Waals surface area (Å²) in [4.78, 5) is 0. The molecular weight excluding hydrogens is 123 g/mol. The lowest BCUT2D eigenvalue weighted by molar-refractivity contribution is 0.599. The second-order valence-corrected chi connectivity index (χ2v) is 1.27. The van der Waals surface area contributed by atoms with Crippen molar-refractivity contribution >= 4 is 8.61 Å². The van der Waals surface area contributed by atoms with Gasteiger partial charge in [0.2, 0.25) is 8.61 Å². The van der Waals surface area contributed by atoms with E-state index < -0.39 is 0 Å². The van der Waals surface area contributed by atoms with Gasteiger partial charge in [-0.25, -0.2) is 0 Å². The van der Waals surface area contributed by atoms with Gasteiger partial charge in [0.05, 0.1) is 0 Å². The van der Waals surface area contributed by atoms with Crippen molar-refractivity contribution in [3.05, 3.63) is 0 Å². The van der Waals surface area contributed by atoms with Crippen LogP contribution in [0.3, 0.4) is 0 Å². The van der Waals surface area contributed by atoms with E-state index in [1.54, 1.807) is 0 Å². The molecule has 0 aliphatic heterocycles. The van der Waals surface area contributed by atoms with Crippen molar-refractivity contribution in [2.45, 2.75) is 13.8 Å². The van der Waals surface area contributed by atoms with E-state index in [0.717, 1.165) is 13.1 Å². The van der Waals surface area contributed by atoms with Crippen molar-refractivity contribution in [2.24, 2.45) is 5.50 Å².